The summed E-state index contributed by atoms with van der Waals surface area (Å²) in [6.45, 7) is 7.68. The molecule has 6 nitrogen and oxygen atoms in total. The molecule has 1 atom stereocenters. The highest BCUT2D eigenvalue weighted by Crippen LogP contribution is 2.07. The SMILES string of the molecule is CCOC(=O)CNC(=O)C(C)NC(=O)CCCCC(C)C. The maximum atomic E-state index is 11.7. The second kappa shape index (κ2) is 11.1. The van der Waals surface area contributed by atoms with E-state index in [9.17, 15) is 14.4 Å². The van der Waals surface area contributed by atoms with Crippen LogP contribution in [0.2, 0.25) is 0 Å². The number of hydrogen-bond acceptors (Lipinski definition) is 4. The van der Waals surface area contributed by atoms with Crippen LogP contribution < -0.4 is 10.6 Å². The number of nitrogens with one attached hydrogen (secondary N) is 2. The zero-order valence-electron chi connectivity index (χ0n) is 13.5. The van der Waals surface area contributed by atoms with Crippen molar-refractivity contribution in [3.63, 3.8) is 0 Å². The van der Waals surface area contributed by atoms with E-state index < -0.39 is 17.9 Å². The Labute approximate surface area is 127 Å². The van der Waals surface area contributed by atoms with Gasteiger partial charge in [-0.3, -0.25) is 14.4 Å². The molecule has 21 heavy (non-hydrogen) atoms. The number of carbonyl (C=O) groups is 3. The van der Waals surface area contributed by atoms with Crippen LogP contribution in [0.3, 0.4) is 0 Å². The van der Waals surface area contributed by atoms with E-state index in [0.29, 0.717) is 12.3 Å². The van der Waals surface area contributed by atoms with Gasteiger partial charge < -0.3 is 15.4 Å². The van der Waals surface area contributed by atoms with Gasteiger partial charge in [0.25, 0.3) is 0 Å². The number of ether oxygens (including phenoxy) is 1. The van der Waals surface area contributed by atoms with Crippen LogP contribution in [0, 0.1) is 5.92 Å². The van der Waals surface area contributed by atoms with Crippen molar-refractivity contribution in [1.82, 2.24) is 10.6 Å². The van der Waals surface area contributed by atoms with Crippen molar-refractivity contribution in [2.75, 3.05) is 13.2 Å². The van der Waals surface area contributed by atoms with Crippen molar-refractivity contribution in [3.05, 3.63) is 0 Å². The first-order valence-corrected chi connectivity index (χ1v) is 7.59. The standard InChI is InChI=1S/C15H28N2O4/c1-5-21-14(19)10-16-15(20)12(4)17-13(18)9-7-6-8-11(2)3/h11-12H,5-10H2,1-4H3,(H,16,20)(H,17,18). The molecule has 0 saturated heterocycles. The largest absolute Gasteiger partial charge is 0.465 e. The highest BCUT2D eigenvalue weighted by Gasteiger charge is 2.16. The zero-order chi connectivity index (χ0) is 16.3. The fraction of sp³-hybridized carbons (Fsp3) is 0.800. The van der Waals surface area contributed by atoms with Crippen LogP contribution in [0.5, 0.6) is 0 Å². The molecular weight excluding hydrogens is 272 g/mol. The van der Waals surface area contributed by atoms with Crippen LogP contribution in [-0.4, -0.2) is 37.0 Å². The highest BCUT2D eigenvalue weighted by atomic mass is 16.5. The molecule has 0 aliphatic rings. The van der Waals surface area contributed by atoms with Gasteiger partial charge in [-0.15, -0.1) is 0 Å². The van der Waals surface area contributed by atoms with Crippen molar-refractivity contribution < 1.29 is 19.1 Å². The second-order valence-electron chi connectivity index (χ2n) is 5.45. The molecule has 0 aromatic carbocycles. The summed E-state index contributed by atoms with van der Waals surface area (Å²) >= 11 is 0. The fourth-order valence-corrected chi connectivity index (χ4v) is 1.74. The van der Waals surface area contributed by atoms with Crippen molar-refractivity contribution in [2.24, 2.45) is 5.92 Å². The molecule has 0 aromatic rings. The summed E-state index contributed by atoms with van der Waals surface area (Å²) < 4.78 is 4.70. The third kappa shape index (κ3) is 10.8. The summed E-state index contributed by atoms with van der Waals surface area (Å²) in [7, 11) is 0. The zero-order valence-corrected chi connectivity index (χ0v) is 13.5. The Bertz CT molecular complexity index is 343. The van der Waals surface area contributed by atoms with Crippen LogP contribution in [0.15, 0.2) is 0 Å². The third-order valence-corrected chi connectivity index (χ3v) is 2.92. The number of hydrogen-bond donors (Lipinski definition) is 2. The van der Waals surface area contributed by atoms with Gasteiger partial charge in [-0.25, -0.2) is 0 Å². The quantitative estimate of drug-likeness (QED) is 0.471. The molecule has 0 heterocycles. The Morgan fingerprint density at radius 1 is 1.10 bits per heavy atom. The average Bonchev–Trinajstić information content (AvgIpc) is 2.41. The van der Waals surface area contributed by atoms with Gasteiger partial charge in [0.05, 0.1) is 6.61 Å². The van der Waals surface area contributed by atoms with Crippen LogP contribution in [0.4, 0.5) is 0 Å². The number of unbranched alkanes of at least 4 members (excludes halogenated alkanes) is 1. The molecule has 122 valence electrons. The molecule has 0 rings (SSSR count). The summed E-state index contributed by atoms with van der Waals surface area (Å²) in [5.41, 5.74) is 0. The lowest BCUT2D eigenvalue weighted by atomic mass is 10.1. The van der Waals surface area contributed by atoms with Gasteiger partial charge in [0, 0.05) is 6.42 Å². The predicted molar refractivity (Wildman–Crippen MR) is 80.6 cm³/mol. The first-order chi connectivity index (χ1) is 9.86. The van der Waals surface area contributed by atoms with Gasteiger partial charge in [-0.1, -0.05) is 26.7 Å². The molecule has 2 N–H and O–H groups in total. The minimum atomic E-state index is -0.656. The molecule has 0 spiro atoms. The van der Waals surface area contributed by atoms with Crippen LogP contribution in [-0.2, 0) is 19.1 Å². The number of carbonyl (C=O) groups excluding carboxylic acids is 3. The first kappa shape index (κ1) is 19.4. The maximum Gasteiger partial charge on any atom is 0.325 e. The van der Waals surface area contributed by atoms with E-state index in [4.69, 9.17) is 4.74 Å². The second-order valence-corrected chi connectivity index (χ2v) is 5.45. The average molecular weight is 300 g/mol. The lowest BCUT2D eigenvalue weighted by Gasteiger charge is -2.14. The van der Waals surface area contributed by atoms with Gasteiger partial charge >= 0.3 is 5.97 Å². The van der Waals surface area contributed by atoms with Crippen molar-refractivity contribution in [2.45, 2.75) is 59.4 Å². The molecule has 0 radical (unpaired) electrons. The number of rotatable bonds is 10. The van der Waals surface area contributed by atoms with Gasteiger partial charge in [-0.05, 0) is 26.2 Å². The summed E-state index contributed by atoms with van der Waals surface area (Å²) in [5, 5.41) is 5.05. The molecule has 6 heteroatoms. The molecule has 2 amide bonds. The smallest absolute Gasteiger partial charge is 0.325 e. The first-order valence-electron chi connectivity index (χ1n) is 7.59. The maximum absolute atomic E-state index is 11.7. The van der Waals surface area contributed by atoms with E-state index in [1.807, 2.05) is 0 Å². The van der Waals surface area contributed by atoms with E-state index in [2.05, 4.69) is 24.5 Å². The summed E-state index contributed by atoms with van der Waals surface area (Å²) in [4.78, 5) is 34.4. The summed E-state index contributed by atoms with van der Waals surface area (Å²) in [5.74, 6) is -0.380. The summed E-state index contributed by atoms with van der Waals surface area (Å²) in [6.07, 6.45) is 3.35. The van der Waals surface area contributed by atoms with Crippen LogP contribution >= 0.6 is 0 Å². The van der Waals surface area contributed by atoms with Gasteiger partial charge in [0.1, 0.15) is 12.6 Å². The fourth-order valence-electron chi connectivity index (χ4n) is 1.74. The van der Waals surface area contributed by atoms with Crippen molar-refractivity contribution in [1.29, 1.82) is 0 Å². The number of esters is 1. The van der Waals surface area contributed by atoms with E-state index in [0.717, 1.165) is 19.3 Å². The monoisotopic (exact) mass is 300 g/mol. The lowest BCUT2D eigenvalue weighted by Crippen LogP contribution is -2.46. The molecule has 0 aliphatic carbocycles. The Kier molecular flexibility index (Phi) is 10.3. The van der Waals surface area contributed by atoms with Gasteiger partial charge in [0.2, 0.25) is 11.8 Å². The molecule has 0 aromatic heterocycles. The van der Waals surface area contributed by atoms with Crippen LogP contribution in [0.25, 0.3) is 0 Å². The Balaban J connectivity index is 3.84. The van der Waals surface area contributed by atoms with E-state index in [-0.39, 0.29) is 19.1 Å². The van der Waals surface area contributed by atoms with Gasteiger partial charge in [-0.2, -0.15) is 0 Å². The van der Waals surface area contributed by atoms with Crippen molar-refractivity contribution in [3.8, 4) is 0 Å². The molecule has 0 aliphatic heterocycles. The van der Waals surface area contributed by atoms with E-state index in [1.165, 1.54) is 0 Å². The predicted octanol–water partition coefficient (Wildman–Crippen LogP) is 1.39. The molecular formula is C15H28N2O4. The van der Waals surface area contributed by atoms with Crippen molar-refractivity contribution >= 4 is 17.8 Å². The summed E-state index contributed by atoms with van der Waals surface area (Å²) in [6, 6.07) is -0.656. The Morgan fingerprint density at radius 3 is 2.33 bits per heavy atom. The normalized spacial score (nSPS) is 11.9. The lowest BCUT2D eigenvalue weighted by molar-refractivity contribution is -0.143. The Hall–Kier alpha value is -1.59. The van der Waals surface area contributed by atoms with E-state index >= 15 is 0 Å². The topological polar surface area (TPSA) is 84.5 Å². The highest BCUT2D eigenvalue weighted by molar-refractivity contribution is 5.89. The molecule has 0 fully saturated rings. The Morgan fingerprint density at radius 2 is 1.76 bits per heavy atom. The van der Waals surface area contributed by atoms with Crippen LogP contribution in [0.1, 0.15) is 53.4 Å². The van der Waals surface area contributed by atoms with Gasteiger partial charge in [0.15, 0.2) is 0 Å². The molecule has 0 bridgehead atoms. The minimum Gasteiger partial charge on any atom is -0.465 e. The third-order valence-electron chi connectivity index (χ3n) is 2.92. The molecule has 1 unspecified atom stereocenters. The van der Waals surface area contributed by atoms with E-state index in [1.54, 1.807) is 13.8 Å². The molecule has 0 saturated carbocycles. The minimum absolute atomic E-state index is 0.141. The number of amides is 2.